The molecule has 2 aromatic carbocycles. The second kappa shape index (κ2) is 11.6. The van der Waals surface area contributed by atoms with E-state index in [-0.39, 0.29) is 10.7 Å². The van der Waals surface area contributed by atoms with Crippen molar-refractivity contribution in [1.29, 1.82) is 5.26 Å². The predicted molar refractivity (Wildman–Crippen MR) is 129 cm³/mol. The van der Waals surface area contributed by atoms with Crippen LogP contribution in [0.4, 0.5) is 5.13 Å². The van der Waals surface area contributed by atoms with Gasteiger partial charge in [-0.3, -0.25) is 10.1 Å². The molecule has 0 aliphatic carbocycles. The maximum Gasteiger partial charge on any atom is 0.268 e. The fourth-order valence-corrected chi connectivity index (χ4v) is 4.25. The summed E-state index contributed by atoms with van der Waals surface area (Å²) in [6.07, 6.45) is 2.95. The molecule has 9 nitrogen and oxygen atoms in total. The number of hydrogen-bond donors (Lipinski definition) is 1. The molecule has 1 aromatic heterocycles. The zero-order valence-corrected chi connectivity index (χ0v) is 20.3. The lowest BCUT2D eigenvalue weighted by Gasteiger charge is -2.10. The van der Waals surface area contributed by atoms with Crippen molar-refractivity contribution < 1.29 is 22.7 Å². The van der Waals surface area contributed by atoms with Gasteiger partial charge in [0.15, 0.2) is 0 Å². The highest BCUT2D eigenvalue weighted by molar-refractivity contribution is 7.90. The van der Waals surface area contributed by atoms with Gasteiger partial charge in [0.25, 0.3) is 11.1 Å². The molecular formula is C22H19ClN4O5S2. The number of para-hydroxylation sites is 1. The van der Waals surface area contributed by atoms with E-state index in [1.165, 1.54) is 6.08 Å². The molecule has 0 unspecified atom stereocenters. The van der Waals surface area contributed by atoms with E-state index in [0.717, 1.165) is 12.0 Å². The Morgan fingerprint density at radius 3 is 2.59 bits per heavy atom. The van der Waals surface area contributed by atoms with E-state index in [1.807, 2.05) is 30.3 Å². The smallest absolute Gasteiger partial charge is 0.268 e. The fourth-order valence-electron chi connectivity index (χ4n) is 2.56. The lowest BCUT2D eigenvalue weighted by Crippen LogP contribution is -2.13. The number of carbonyl (C=O) groups excluding carboxylic acids is 1. The minimum absolute atomic E-state index is 0.0374. The first-order valence-corrected chi connectivity index (χ1v) is 12.9. The Bertz CT molecular complexity index is 1330. The zero-order valence-electron chi connectivity index (χ0n) is 17.9. The summed E-state index contributed by atoms with van der Waals surface area (Å²) in [5, 5.41) is 11.6. The molecule has 0 aliphatic rings. The maximum atomic E-state index is 12.4. The highest BCUT2D eigenvalue weighted by Crippen LogP contribution is 2.27. The van der Waals surface area contributed by atoms with Crippen molar-refractivity contribution in [2.75, 3.05) is 24.8 Å². The number of anilines is 1. The summed E-state index contributed by atoms with van der Waals surface area (Å²) in [5.41, 5.74) is 0.282. The van der Waals surface area contributed by atoms with Crippen LogP contribution in [0.2, 0.25) is 5.02 Å². The number of benzene rings is 2. The van der Waals surface area contributed by atoms with Crippen LogP contribution in [0.25, 0.3) is 6.08 Å². The summed E-state index contributed by atoms with van der Waals surface area (Å²) < 4.78 is 37.9. The van der Waals surface area contributed by atoms with Crippen LogP contribution in [0.3, 0.4) is 0 Å². The molecule has 0 spiro atoms. The topological polar surface area (TPSA) is 131 Å². The molecule has 0 radical (unpaired) electrons. The van der Waals surface area contributed by atoms with Crippen LogP contribution in [-0.4, -0.2) is 43.2 Å². The highest BCUT2D eigenvalue weighted by atomic mass is 35.5. The van der Waals surface area contributed by atoms with Gasteiger partial charge in [-0.2, -0.15) is 14.6 Å². The van der Waals surface area contributed by atoms with Crippen LogP contribution in [0.5, 0.6) is 11.5 Å². The molecule has 1 amide bonds. The number of amides is 1. The SMILES string of the molecule is CS(=O)(=O)c1nsc(NC(=O)/C(C#N)=C\c2ccc(OCCCOc3ccccc3)c(Cl)c2)n1. The Morgan fingerprint density at radius 2 is 1.94 bits per heavy atom. The van der Waals surface area contributed by atoms with Crippen molar-refractivity contribution >= 4 is 50.1 Å². The second-order valence-corrected chi connectivity index (χ2v) is 9.90. The normalized spacial score (nSPS) is 11.5. The monoisotopic (exact) mass is 518 g/mol. The molecule has 0 fully saturated rings. The number of halogens is 1. The lowest BCUT2D eigenvalue weighted by molar-refractivity contribution is -0.112. The summed E-state index contributed by atoms with van der Waals surface area (Å²) in [6, 6.07) is 16.1. The Hall–Kier alpha value is -3.46. The minimum atomic E-state index is -3.60. The van der Waals surface area contributed by atoms with E-state index in [0.29, 0.717) is 47.5 Å². The first-order chi connectivity index (χ1) is 16.3. The van der Waals surface area contributed by atoms with Crippen molar-refractivity contribution in [3.63, 3.8) is 0 Å². The average molecular weight is 519 g/mol. The van der Waals surface area contributed by atoms with Gasteiger partial charge in [0.1, 0.15) is 23.1 Å². The van der Waals surface area contributed by atoms with E-state index in [9.17, 15) is 18.5 Å². The van der Waals surface area contributed by atoms with E-state index >= 15 is 0 Å². The van der Waals surface area contributed by atoms with Gasteiger partial charge >= 0.3 is 0 Å². The molecule has 1 N–H and O–H groups in total. The van der Waals surface area contributed by atoms with Crippen LogP contribution in [0.1, 0.15) is 12.0 Å². The maximum absolute atomic E-state index is 12.4. The number of rotatable bonds is 10. The van der Waals surface area contributed by atoms with Crippen molar-refractivity contribution in [1.82, 2.24) is 9.36 Å². The van der Waals surface area contributed by atoms with Crippen LogP contribution in [0.15, 0.2) is 59.3 Å². The highest BCUT2D eigenvalue weighted by Gasteiger charge is 2.17. The second-order valence-electron chi connectivity index (χ2n) is 6.83. The molecular weight excluding hydrogens is 500 g/mol. The quantitative estimate of drug-likeness (QED) is 0.242. The number of carbonyl (C=O) groups is 1. The van der Waals surface area contributed by atoms with E-state index < -0.39 is 20.9 Å². The molecule has 34 heavy (non-hydrogen) atoms. The van der Waals surface area contributed by atoms with Gasteiger partial charge in [-0.15, -0.1) is 0 Å². The van der Waals surface area contributed by atoms with Crippen molar-refractivity contribution in [2.45, 2.75) is 11.6 Å². The van der Waals surface area contributed by atoms with Crippen molar-refractivity contribution in [3.05, 3.63) is 64.7 Å². The number of aromatic nitrogens is 2. The van der Waals surface area contributed by atoms with Gasteiger partial charge in [0.2, 0.25) is 15.0 Å². The third kappa shape index (κ3) is 7.28. The molecule has 1 heterocycles. The molecule has 3 rings (SSSR count). The minimum Gasteiger partial charge on any atom is -0.493 e. The van der Waals surface area contributed by atoms with Crippen LogP contribution in [0, 0.1) is 11.3 Å². The molecule has 3 aromatic rings. The van der Waals surface area contributed by atoms with Crippen LogP contribution >= 0.6 is 23.1 Å². The summed E-state index contributed by atoms with van der Waals surface area (Å²) >= 11 is 6.97. The number of ether oxygens (including phenoxy) is 2. The Morgan fingerprint density at radius 1 is 1.21 bits per heavy atom. The third-order valence-corrected chi connectivity index (χ3v) is 6.04. The van der Waals surface area contributed by atoms with Crippen LogP contribution in [-0.2, 0) is 14.6 Å². The van der Waals surface area contributed by atoms with E-state index in [4.69, 9.17) is 21.1 Å². The van der Waals surface area contributed by atoms with E-state index in [1.54, 1.807) is 24.3 Å². The molecule has 0 bridgehead atoms. The lowest BCUT2D eigenvalue weighted by atomic mass is 10.1. The molecule has 0 atom stereocenters. The fraction of sp³-hybridized carbons (Fsp3) is 0.182. The number of hydrogen-bond acceptors (Lipinski definition) is 9. The van der Waals surface area contributed by atoms with Gasteiger partial charge in [0, 0.05) is 24.2 Å². The van der Waals surface area contributed by atoms with Gasteiger partial charge in [-0.05, 0) is 35.9 Å². The van der Waals surface area contributed by atoms with E-state index in [2.05, 4.69) is 14.7 Å². The predicted octanol–water partition coefficient (Wildman–Crippen LogP) is 3.99. The first-order valence-electron chi connectivity index (χ1n) is 9.83. The average Bonchev–Trinajstić information content (AvgIpc) is 3.28. The summed E-state index contributed by atoms with van der Waals surface area (Å²) in [7, 11) is -3.60. The molecule has 0 saturated carbocycles. The Balaban J connectivity index is 1.56. The van der Waals surface area contributed by atoms with Crippen molar-refractivity contribution in [3.8, 4) is 17.6 Å². The van der Waals surface area contributed by atoms with Gasteiger partial charge < -0.3 is 9.47 Å². The summed E-state index contributed by atoms with van der Waals surface area (Å²) in [6.45, 7) is 0.883. The van der Waals surface area contributed by atoms with Crippen molar-refractivity contribution in [2.24, 2.45) is 0 Å². The molecule has 0 aliphatic heterocycles. The largest absolute Gasteiger partial charge is 0.493 e. The standard InChI is InChI=1S/C22H19ClN4O5S2/c1-34(29,30)22-26-21(33-27-22)25-20(28)16(14-24)12-15-8-9-19(18(23)13-15)32-11-5-10-31-17-6-3-2-4-7-17/h2-4,6-9,12-13H,5,10-11H2,1H3,(H,25,26,27,28)/b16-12-. The number of nitrogens with zero attached hydrogens (tertiary/aromatic N) is 3. The first kappa shape index (κ1) is 25.2. The number of nitriles is 1. The number of sulfone groups is 1. The van der Waals surface area contributed by atoms with Gasteiger partial charge in [-0.1, -0.05) is 35.9 Å². The molecule has 12 heteroatoms. The Labute approximate surface area is 205 Å². The van der Waals surface area contributed by atoms with Gasteiger partial charge in [0.05, 0.1) is 18.2 Å². The summed E-state index contributed by atoms with van der Waals surface area (Å²) in [5.74, 6) is 0.494. The van der Waals surface area contributed by atoms with Crippen LogP contribution < -0.4 is 14.8 Å². The third-order valence-electron chi connectivity index (χ3n) is 4.15. The summed E-state index contributed by atoms with van der Waals surface area (Å²) in [4.78, 5) is 16.1. The number of nitrogens with one attached hydrogen (secondary N) is 1. The molecule has 0 saturated heterocycles. The molecule has 176 valence electrons. The Kier molecular flexibility index (Phi) is 8.59. The van der Waals surface area contributed by atoms with Gasteiger partial charge in [-0.25, -0.2) is 8.42 Å². The zero-order chi connectivity index (χ0) is 24.6.